The van der Waals surface area contributed by atoms with Crippen LogP contribution >= 0.6 is 0 Å². The van der Waals surface area contributed by atoms with E-state index in [1.54, 1.807) is 0 Å². The summed E-state index contributed by atoms with van der Waals surface area (Å²) in [5.41, 5.74) is 3.99. The quantitative estimate of drug-likeness (QED) is 0.707. The first-order valence-corrected chi connectivity index (χ1v) is 11.7. The van der Waals surface area contributed by atoms with Gasteiger partial charge in [0.1, 0.15) is 0 Å². The lowest BCUT2D eigenvalue weighted by Gasteiger charge is -2.38. The van der Waals surface area contributed by atoms with Crippen molar-refractivity contribution in [3.05, 3.63) is 77.4 Å². The molecule has 2 aliphatic rings. The number of hydrogen-bond donors (Lipinski definition) is 0. The van der Waals surface area contributed by atoms with Crippen LogP contribution in [0.25, 0.3) is 6.08 Å². The Labute approximate surface area is 187 Å². The van der Waals surface area contributed by atoms with E-state index in [2.05, 4.69) is 88.4 Å². The summed E-state index contributed by atoms with van der Waals surface area (Å²) >= 11 is 0. The van der Waals surface area contributed by atoms with Crippen LogP contribution in [0.2, 0.25) is 0 Å². The highest BCUT2D eigenvalue weighted by Gasteiger charge is 2.30. The van der Waals surface area contributed by atoms with Gasteiger partial charge in [-0.25, -0.2) is 0 Å². The van der Waals surface area contributed by atoms with E-state index < -0.39 is 0 Å². The summed E-state index contributed by atoms with van der Waals surface area (Å²) < 4.78 is 0. The molecule has 2 aromatic rings. The van der Waals surface area contributed by atoms with E-state index in [1.165, 1.54) is 16.7 Å². The van der Waals surface area contributed by atoms with E-state index in [9.17, 15) is 4.79 Å². The van der Waals surface area contributed by atoms with E-state index in [1.807, 2.05) is 0 Å². The SMILES string of the molecule is CC(=Cc1ccccc1)CN1CCC(C(=O)N2CCN(Cc3ccccc3)CC2)CC1. The summed E-state index contributed by atoms with van der Waals surface area (Å²) in [5.74, 6) is 0.589. The van der Waals surface area contributed by atoms with E-state index in [0.717, 1.165) is 65.2 Å². The second-order valence-corrected chi connectivity index (χ2v) is 9.04. The zero-order chi connectivity index (χ0) is 21.5. The predicted octanol–water partition coefficient (Wildman–Crippen LogP) is 4.15. The van der Waals surface area contributed by atoms with Gasteiger partial charge < -0.3 is 4.90 Å². The Balaban J connectivity index is 1.19. The molecule has 31 heavy (non-hydrogen) atoms. The Morgan fingerprint density at radius 2 is 1.45 bits per heavy atom. The van der Waals surface area contributed by atoms with Crippen LogP contribution in [-0.4, -0.2) is 66.4 Å². The first kappa shape index (κ1) is 21.8. The first-order chi connectivity index (χ1) is 15.2. The number of rotatable bonds is 6. The van der Waals surface area contributed by atoms with Crippen LogP contribution in [0.4, 0.5) is 0 Å². The molecule has 164 valence electrons. The molecule has 4 heteroatoms. The summed E-state index contributed by atoms with van der Waals surface area (Å²) in [6, 6.07) is 21.1. The fraction of sp³-hybridized carbons (Fsp3) is 0.444. The lowest BCUT2D eigenvalue weighted by molar-refractivity contribution is -0.138. The van der Waals surface area contributed by atoms with Crippen molar-refractivity contribution >= 4 is 12.0 Å². The summed E-state index contributed by atoms with van der Waals surface area (Å²) in [5, 5.41) is 0. The van der Waals surface area contributed by atoms with Crippen molar-refractivity contribution in [1.29, 1.82) is 0 Å². The first-order valence-electron chi connectivity index (χ1n) is 11.7. The number of piperidine rings is 1. The predicted molar refractivity (Wildman–Crippen MR) is 128 cm³/mol. The fourth-order valence-electron chi connectivity index (χ4n) is 4.80. The van der Waals surface area contributed by atoms with Crippen molar-refractivity contribution < 1.29 is 4.79 Å². The maximum Gasteiger partial charge on any atom is 0.225 e. The van der Waals surface area contributed by atoms with E-state index in [-0.39, 0.29) is 5.92 Å². The van der Waals surface area contributed by atoms with Crippen LogP contribution in [0.15, 0.2) is 66.2 Å². The average Bonchev–Trinajstić information content (AvgIpc) is 2.81. The molecule has 2 heterocycles. The van der Waals surface area contributed by atoms with Gasteiger partial charge in [-0.05, 0) is 44.0 Å². The molecule has 0 unspecified atom stereocenters. The third-order valence-corrected chi connectivity index (χ3v) is 6.56. The van der Waals surface area contributed by atoms with Crippen LogP contribution in [0.1, 0.15) is 30.9 Å². The number of benzene rings is 2. The van der Waals surface area contributed by atoms with E-state index >= 15 is 0 Å². The monoisotopic (exact) mass is 417 g/mol. The van der Waals surface area contributed by atoms with Crippen LogP contribution < -0.4 is 0 Å². The molecule has 0 aromatic heterocycles. The summed E-state index contributed by atoms with van der Waals surface area (Å²) in [4.78, 5) is 20.1. The molecule has 2 saturated heterocycles. The highest BCUT2D eigenvalue weighted by atomic mass is 16.2. The molecule has 4 nitrogen and oxygen atoms in total. The number of piperazine rings is 1. The van der Waals surface area contributed by atoms with Crippen molar-refractivity contribution in [3.8, 4) is 0 Å². The van der Waals surface area contributed by atoms with Crippen molar-refractivity contribution in [1.82, 2.24) is 14.7 Å². The van der Waals surface area contributed by atoms with Crippen LogP contribution in [0.3, 0.4) is 0 Å². The Hall–Kier alpha value is -2.43. The van der Waals surface area contributed by atoms with Crippen molar-refractivity contribution in [2.24, 2.45) is 5.92 Å². The minimum atomic E-state index is 0.204. The number of carbonyl (C=O) groups is 1. The molecule has 4 rings (SSSR count). The normalized spacial score (nSPS) is 19.5. The maximum atomic E-state index is 13.1. The van der Waals surface area contributed by atoms with Crippen molar-refractivity contribution in [2.45, 2.75) is 26.3 Å². The summed E-state index contributed by atoms with van der Waals surface area (Å²) in [6.07, 6.45) is 4.25. The molecule has 0 radical (unpaired) electrons. The third kappa shape index (κ3) is 6.28. The Morgan fingerprint density at radius 1 is 0.839 bits per heavy atom. The van der Waals surface area contributed by atoms with E-state index in [0.29, 0.717) is 5.91 Å². The van der Waals surface area contributed by atoms with E-state index in [4.69, 9.17) is 0 Å². The van der Waals surface area contributed by atoms with Crippen molar-refractivity contribution in [2.75, 3.05) is 45.8 Å². The second-order valence-electron chi connectivity index (χ2n) is 9.04. The molecule has 0 N–H and O–H groups in total. The lowest BCUT2D eigenvalue weighted by Crippen LogP contribution is -2.51. The van der Waals surface area contributed by atoms with Gasteiger partial charge in [-0.15, -0.1) is 0 Å². The Morgan fingerprint density at radius 3 is 2.10 bits per heavy atom. The van der Waals surface area contributed by atoms with Crippen LogP contribution in [-0.2, 0) is 11.3 Å². The number of amides is 1. The van der Waals surface area contributed by atoms with Crippen molar-refractivity contribution in [3.63, 3.8) is 0 Å². The molecule has 2 aromatic carbocycles. The average molecular weight is 418 g/mol. The smallest absolute Gasteiger partial charge is 0.225 e. The number of likely N-dealkylation sites (tertiary alicyclic amines) is 1. The highest BCUT2D eigenvalue weighted by Crippen LogP contribution is 2.22. The Kier molecular flexibility index (Phi) is 7.55. The van der Waals surface area contributed by atoms with Gasteiger partial charge in [0.05, 0.1) is 0 Å². The molecule has 0 saturated carbocycles. The largest absolute Gasteiger partial charge is 0.340 e. The number of carbonyl (C=O) groups excluding carboxylic acids is 1. The zero-order valence-corrected chi connectivity index (χ0v) is 18.7. The highest BCUT2D eigenvalue weighted by molar-refractivity contribution is 5.79. The van der Waals surface area contributed by atoms with Gasteiger partial charge in [0.25, 0.3) is 0 Å². The summed E-state index contributed by atoms with van der Waals surface area (Å²) in [6.45, 7) is 9.90. The maximum absolute atomic E-state index is 13.1. The van der Waals surface area contributed by atoms with Gasteiger partial charge in [0.2, 0.25) is 5.91 Å². The van der Waals surface area contributed by atoms with Gasteiger partial charge in [-0.2, -0.15) is 0 Å². The van der Waals surface area contributed by atoms with Crippen LogP contribution in [0, 0.1) is 5.92 Å². The second kappa shape index (κ2) is 10.7. The van der Waals surface area contributed by atoms with Gasteiger partial charge in [0.15, 0.2) is 0 Å². The molecular formula is C27H35N3O. The molecule has 0 atom stereocenters. The fourth-order valence-corrected chi connectivity index (χ4v) is 4.80. The number of nitrogens with zero attached hydrogens (tertiary/aromatic N) is 3. The Bertz CT molecular complexity index is 849. The number of hydrogen-bond acceptors (Lipinski definition) is 3. The van der Waals surface area contributed by atoms with Crippen LogP contribution in [0.5, 0.6) is 0 Å². The van der Waals surface area contributed by atoms with Gasteiger partial charge in [-0.3, -0.25) is 14.6 Å². The van der Waals surface area contributed by atoms with Gasteiger partial charge >= 0.3 is 0 Å². The third-order valence-electron chi connectivity index (χ3n) is 6.56. The standard InChI is InChI=1S/C27H35N3O/c1-23(20-24-8-4-2-5-9-24)21-28-14-12-26(13-15-28)27(31)30-18-16-29(17-19-30)22-25-10-6-3-7-11-25/h2-11,20,26H,12-19,21-22H2,1H3. The lowest BCUT2D eigenvalue weighted by atomic mass is 9.94. The topological polar surface area (TPSA) is 26.8 Å². The minimum Gasteiger partial charge on any atom is -0.340 e. The molecule has 2 fully saturated rings. The molecule has 0 aliphatic carbocycles. The van der Waals surface area contributed by atoms with Gasteiger partial charge in [-0.1, -0.05) is 72.3 Å². The zero-order valence-electron chi connectivity index (χ0n) is 18.7. The molecule has 0 spiro atoms. The minimum absolute atomic E-state index is 0.204. The van der Waals surface area contributed by atoms with Gasteiger partial charge in [0, 0.05) is 45.2 Å². The molecule has 0 bridgehead atoms. The summed E-state index contributed by atoms with van der Waals surface area (Å²) in [7, 11) is 0. The molecular weight excluding hydrogens is 382 g/mol. The molecule has 1 amide bonds. The molecule has 2 aliphatic heterocycles.